The molecule has 4 nitrogen and oxygen atoms in total. The van der Waals surface area contributed by atoms with Crippen molar-refractivity contribution in [1.82, 2.24) is 0 Å². The molecule has 0 saturated heterocycles. The van der Waals surface area contributed by atoms with Gasteiger partial charge in [0, 0.05) is 22.5 Å². The number of carbonyl (C=O) groups excluding carboxylic acids is 1. The summed E-state index contributed by atoms with van der Waals surface area (Å²) >= 11 is 0. The number of hydrogen-bond donors (Lipinski definition) is 2. The van der Waals surface area contributed by atoms with Gasteiger partial charge in [0.1, 0.15) is 5.82 Å². The van der Waals surface area contributed by atoms with E-state index < -0.39 is 11.7 Å². The van der Waals surface area contributed by atoms with E-state index in [1.165, 1.54) is 6.07 Å². The van der Waals surface area contributed by atoms with Crippen LogP contribution in [0.15, 0.2) is 36.4 Å². The van der Waals surface area contributed by atoms with Crippen molar-refractivity contribution in [1.29, 1.82) is 5.26 Å². The third kappa shape index (κ3) is 3.37. The fourth-order valence-corrected chi connectivity index (χ4v) is 1.83. The van der Waals surface area contributed by atoms with Crippen LogP contribution in [0.5, 0.6) is 0 Å². The van der Waals surface area contributed by atoms with Crippen LogP contribution in [0.1, 0.15) is 21.5 Å². The highest BCUT2D eigenvalue weighted by atomic mass is 19.1. The first-order valence-corrected chi connectivity index (χ1v) is 6.34. The number of amides is 1. The molecule has 1 amide bonds. The van der Waals surface area contributed by atoms with Crippen LogP contribution < -0.4 is 11.1 Å². The summed E-state index contributed by atoms with van der Waals surface area (Å²) < 4.78 is 13.6. The topological polar surface area (TPSA) is 78.9 Å². The number of carbonyl (C=O) groups is 1. The summed E-state index contributed by atoms with van der Waals surface area (Å²) in [6.07, 6.45) is 0.313. The zero-order valence-electron chi connectivity index (χ0n) is 11.5. The van der Waals surface area contributed by atoms with Crippen LogP contribution in [-0.4, -0.2) is 5.91 Å². The van der Waals surface area contributed by atoms with E-state index in [1.807, 2.05) is 6.07 Å². The van der Waals surface area contributed by atoms with E-state index in [1.54, 1.807) is 31.2 Å². The Morgan fingerprint density at radius 1 is 1.33 bits per heavy atom. The maximum absolute atomic E-state index is 13.6. The fraction of sp³-hybridized carbons (Fsp3) is 0.125. The van der Waals surface area contributed by atoms with E-state index in [9.17, 15) is 9.18 Å². The van der Waals surface area contributed by atoms with Gasteiger partial charge < -0.3 is 11.1 Å². The number of anilines is 2. The van der Waals surface area contributed by atoms with Gasteiger partial charge in [-0.2, -0.15) is 5.26 Å². The van der Waals surface area contributed by atoms with Gasteiger partial charge in [-0.15, -0.1) is 0 Å². The molecule has 0 heterocycles. The molecule has 5 heteroatoms. The van der Waals surface area contributed by atoms with Crippen molar-refractivity contribution in [3.63, 3.8) is 0 Å². The monoisotopic (exact) mass is 283 g/mol. The van der Waals surface area contributed by atoms with Gasteiger partial charge in [0.15, 0.2) is 0 Å². The third-order valence-electron chi connectivity index (χ3n) is 3.14. The summed E-state index contributed by atoms with van der Waals surface area (Å²) in [5.74, 6) is -0.946. The Morgan fingerprint density at radius 2 is 2.00 bits per heavy atom. The molecule has 2 aromatic carbocycles. The summed E-state index contributed by atoms with van der Waals surface area (Å²) in [5, 5.41) is 11.2. The van der Waals surface area contributed by atoms with E-state index >= 15 is 0 Å². The second kappa shape index (κ2) is 6.06. The standard InChI is InChI=1S/C16H14FN3O/c1-10-14(17)8-12(9-15(10)19)16(21)20-13-4-2-11(3-5-13)6-7-18/h2-5,8-9H,6,19H2,1H3,(H,20,21). The molecule has 0 aliphatic carbocycles. The Morgan fingerprint density at radius 3 is 2.57 bits per heavy atom. The minimum absolute atomic E-state index is 0.164. The largest absolute Gasteiger partial charge is 0.398 e. The number of nitriles is 1. The highest BCUT2D eigenvalue weighted by molar-refractivity contribution is 6.04. The maximum Gasteiger partial charge on any atom is 0.255 e. The van der Waals surface area contributed by atoms with Crippen LogP contribution in [0.4, 0.5) is 15.8 Å². The molecule has 0 aliphatic heterocycles. The average Bonchev–Trinajstić information content (AvgIpc) is 2.46. The highest BCUT2D eigenvalue weighted by Gasteiger charge is 2.11. The van der Waals surface area contributed by atoms with Crippen molar-refractivity contribution in [3.05, 3.63) is 58.9 Å². The predicted molar refractivity (Wildman–Crippen MR) is 79.3 cm³/mol. The normalized spacial score (nSPS) is 9.95. The van der Waals surface area contributed by atoms with E-state index in [0.29, 0.717) is 17.7 Å². The number of nitrogen functional groups attached to an aromatic ring is 1. The average molecular weight is 283 g/mol. The first kappa shape index (κ1) is 14.5. The lowest BCUT2D eigenvalue weighted by molar-refractivity contribution is 0.102. The Bertz CT molecular complexity index is 694. The summed E-state index contributed by atoms with van der Waals surface area (Å²) in [5.41, 5.74) is 7.82. The first-order chi connectivity index (χ1) is 10.0. The number of nitrogens with two attached hydrogens (primary N) is 1. The zero-order chi connectivity index (χ0) is 15.4. The van der Waals surface area contributed by atoms with Gasteiger partial charge in [-0.05, 0) is 36.8 Å². The quantitative estimate of drug-likeness (QED) is 0.850. The minimum Gasteiger partial charge on any atom is -0.398 e. The van der Waals surface area contributed by atoms with Gasteiger partial charge >= 0.3 is 0 Å². The number of hydrogen-bond acceptors (Lipinski definition) is 3. The lowest BCUT2D eigenvalue weighted by Crippen LogP contribution is -2.13. The zero-order valence-corrected chi connectivity index (χ0v) is 11.5. The molecule has 2 rings (SSSR count). The molecule has 21 heavy (non-hydrogen) atoms. The summed E-state index contributed by atoms with van der Waals surface area (Å²) in [6, 6.07) is 11.5. The number of halogens is 1. The molecule has 0 saturated carbocycles. The van der Waals surface area contributed by atoms with Gasteiger partial charge in [-0.25, -0.2) is 4.39 Å². The summed E-state index contributed by atoms with van der Waals surface area (Å²) in [7, 11) is 0. The molecule has 2 aromatic rings. The van der Waals surface area contributed by atoms with Crippen LogP contribution in [0.2, 0.25) is 0 Å². The van der Waals surface area contributed by atoms with E-state index in [0.717, 1.165) is 11.6 Å². The van der Waals surface area contributed by atoms with E-state index in [2.05, 4.69) is 5.32 Å². The van der Waals surface area contributed by atoms with Crippen LogP contribution >= 0.6 is 0 Å². The third-order valence-corrected chi connectivity index (χ3v) is 3.14. The lowest BCUT2D eigenvalue weighted by atomic mass is 10.1. The number of rotatable bonds is 3. The Labute approximate surface area is 122 Å². The summed E-state index contributed by atoms with van der Waals surface area (Å²) in [6.45, 7) is 1.56. The fourth-order valence-electron chi connectivity index (χ4n) is 1.83. The Hall–Kier alpha value is -2.87. The van der Waals surface area contributed by atoms with Crippen molar-refractivity contribution in [2.24, 2.45) is 0 Å². The highest BCUT2D eigenvalue weighted by Crippen LogP contribution is 2.19. The molecule has 0 fully saturated rings. The number of nitrogens with zero attached hydrogens (tertiary/aromatic N) is 1. The molecule has 0 atom stereocenters. The van der Waals surface area contributed by atoms with Gasteiger partial charge in [-0.1, -0.05) is 12.1 Å². The molecule has 0 radical (unpaired) electrons. The Balaban J connectivity index is 2.16. The van der Waals surface area contributed by atoms with E-state index in [-0.39, 0.29) is 11.3 Å². The van der Waals surface area contributed by atoms with Crippen LogP contribution in [0, 0.1) is 24.1 Å². The number of nitrogens with one attached hydrogen (secondary N) is 1. The molecule has 106 valence electrons. The lowest BCUT2D eigenvalue weighted by Gasteiger charge is -2.08. The van der Waals surface area contributed by atoms with Gasteiger partial charge in [0.05, 0.1) is 12.5 Å². The van der Waals surface area contributed by atoms with Crippen molar-refractivity contribution >= 4 is 17.3 Å². The summed E-state index contributed by atoms with van der Waals surface area (Å²) in [4.78, 5) is 12.1. The van der Waals surface area contributed by atoms with Crippen molar-refractivity contribution in [3.8, 4) is 6.07 Å². The predicted octanol–water partition coefficient (Wildman–Crippen LogP) is 3.03. The second-order valence-electron chi connectivity index (χ2n) is 4.66. The first-order valence-electron chi connectivity index (χ1n) is 6.34. The van der Waals surface area contributed by atoms with Crippen LogP contribution in [-0.2, 0) is 6.42 Å². The van der Waals surface area contributed by atoms with Crippen LogP contribution in [0.25, 0.3) is 0 Å². The molecule has 3 N–H and O–H groups in total. The van der Waals surface area contributed by atoms with Crippen molar-refractivity contribution < 1.29 is 9.18 Å². The maximum atomic E-state index is 13.6. The van der Waals surface area contributed by atoms with E-state index in [4.69, 9.17) is 11.0 Å². The number of benzene rings is 2. The minimum atomic E-state index is -0.510. The van der Waals surface area contributed by atoms with Gasteiger partial charge in [-0.3, -0.25) is 4.79 Å². The molecule has 0 bridgehead atoms. The smallest absolute Gasteiger partial charge is 0.255 e. The molecular formula is C16H14FN3O. The molecule has 0 spiro atoms. The van der Waals surface area contributed by atoms with Crippen molar-refractivity contribution in [2.75, 3.05) is 11.1 Å². The second-order valence-corrected chi connectivity index (χ2v) is 4.66. The van der Waals surface area contributed by atoms with Gasteiger partial charge in [0.2, 0.25) is 0 Å². The van der Waals surface area contributed by atoms with Gasteiger partial charge in [0.25, 0.3) is 5.91 Å². The SMILES string of the molecule is Cc1c(N)cc(C(=O)Nc2ccc(CC#N)cc2)cc1F. The molecular weight excluding hydrogens is 269 g/mol. The molecule has 0 unspecified atom stereocenters. The molecule has 0 aliphatic rings. The van der Waals surface area contributed by atoms with Crippen molar-refractivity contribution in [2.45, 2.75) is 13.3 Å². The molecule has 0 aromatic heterocycles. The Kier molecular flexibility index (Phi) is 4.19. The van der Waals surface area contributed by atoms with Crippen LogP contribution in [0.3, 0.4) is 0 Å².